The summed E-state index contributed by atoms with van der Waals surface area (Å²) < 4.78 is 0. The van der Waals surface area contributed by atoms with Gasteiger partial charge in [0.15, 0.2) is 0 Å². The molecule has 2 rings (SSSR count). The normalized spacial score (nSPS) is 9.75. The van der Waals surface area contributed by atoms with E-state index in [9.17, 15) is 0 Å². The summed E-state index contributed by atoms with van der Waals surface area (Å²) in [6, 6.07) is 9.97. The average molecular weight is 213 g/mol. The fraction of sp³-hybridized carbons (Fsp3) is 0.182. The molecule has 0 radical (unpaired) electrons. The van der Waals surface area contributed by atoms with Gasteiger partial charge in [0.25, 0.3) is 0 Å². The molecule has 5 nitrogen and oxygen atoms in total. The number of nitrogens with one attached hydrogen (secondary N) is 1. The Balaban J connectivity index is 2.22. The number of H-pyrrole nitrogens is 1. The van der Waals surface area contributed by atoms with Crippen molar-refractivity contribution in [2.45, 2.75) is 6.42 Å². The molecule has 2 aromatic rings. The molecule has 0 saturated carbocycles. The number of hydrogen-bond donors (Lipinski definition) is 1. The zero-order valence-electron chi connectivity index (χ0n) is 8.67. The second kappa shape index (κ2) is 5.00. The van der Waals surface area contributed by atoms with Crippen LogP contribution < -0.4 is 0 Å². The highest BCUT2D eigenvalue weighted by molar-refractivity contribution is 5.62. The SMILES string of the molecule is [N-]=[N+]=NCCc1cn[nH]c1-c1ccccc1. The number of nitrogens with zero attached hydrogens (tertiary/aromatic N) is 4. The molecule has 0 fully saturated rings. The third kappa shape index (κ3) is 2.21. The maximum absolute atomic E-state index is 8.22. The molecule has 16 heavy (non-hydrogen) atoms. The smallest absolute Gasteiger partial charge is 0.0682 e. The minimum absolute atomic E-state index is 0.454. The van der Waals surface area contributed by atoms with Crippen LogP contribution in [0.5, 0.6) is 0 Å². The van der Waals surface area contributed by atoms with E-state index in [0.717, 1.165) is 16.8 Å². The van der Waals surface area contributed by atoms with Gasteiger partial charge in [-0.2, -0.15) is 5.10 Å². The molecule has 5 heteroatoms. The van der Waals surface area contributed by atoms with Gasteiger partial charge in [0, 0.05) is 11.5 Å². The first kappa shape index (κ1) is 10.3. The fourth-order valence-electron chi connectivity index (χ4n) is 1.57. The van der Waals surface area contributed by atoms with Crippen molar-refractivity contribution in [1.82, 2.24) is 10.2 Å². The number of benzene rings is 1. The Morgan fingerprint density at radius 3 is 2.88 bits per heavy atom. The van der Waals surface area contributed by atoms with E-state index >= 15 is 0 Å². The summed E-state index contributed by atoms with van der Waals surface area (Å²) in [4.78, 5) is 2.73. The van der Waals surface area contributed by atoms with Crippen molar-refractivity contribution < 1.29 is 0 Å². The molecule has 0 saturated heterocycles. The van der Waals surface area contributed by atoms with Crippen LogP contribution in [0.3, 0.4) is 0 Å². The lowest BCUT2D eigenvalue weighted by molar-refractivity contribution is 0.959. The fourth-order valence-corrected chi connectivity index (χ4v) is 1.57. The van der Waals surface area contributed by atoms with Crippen molar-refractivity contribution in [3.05, 3.63) is 52.5 Å². The van der Waals surface area contributed by atoms with Crippen molar-refractivity contribution in [1.29, 1.82) is 0 Å². The Labute approximate surface area is 92.7 Å². The highest BCUT2D eigenvalue weighted by atomic mass is 15.1. The lowest BCUT2D eigenvalue weighted by Gasteiger charge is -2.00. The molecular weight excluding hydrogens is 202 g/mol. The van der Waals surface area contributed by atoms with E-state index in [0.29, 0.717) is 13.0 Å². The van der Waals surface area contributed by atoms with Gasteiger partial charge in [-0.1, -0.05) is 35.4 Å². The van der Waals surface area contributed by atoms with Gasteiger partial charge in [0.05, 0.1) is 11.9 Å². The highest BCUT2D eigenvalue weighted by Gasteiger charge is 2.05. The van der Waals surface area contributed by atoms with Crippen molar-refractivity contribution in [2.24, 2.45) is 5.11 Å². The van der Waals surface area contributed by atoms with Gasteiger partial charge in [-0.25, -0.2) is 0 Å². The van der Waals surface area contributed by atoms with Crippen LogP contribution in [0, 0.1) is 0 Å². The van der Waals surface area contributed by atoms with E-state index in [4.69, 9.17) is 5.53 Å². The van der Waals surface area contributed by atoms with Crippen LogP contribution in [-0.4, -0.2) is 16.7 Å². The second-order valence-corrected chi connectivity index (χ2v) is 3.34. The molecule has 0 aliphatic heterocycles. The molecule has 1 aromatic carbocycles. The molecule has 0 spiro atoms. The van der Waals surface area contributed by atoms with E-state index in [1.807, 2.05) is 30.3 Å². The van der Waals surface area contributed by atoms with Crippen molar-refractivity contribution >= 4 is 0 Å². The van der Waals surface area contributed by atoms with Crippen molar-refractivity contribution in [3.8, 4) is 11.3 Å². The molecule has 1 N–H and O–H groups in total. The van der Waals surface area contributed by atoms with Gasteiger partial charge in [-0.3, -0.25) is 5.10 Å². The summed E-state index contributed by atoms with van der Waals surface area (Å²) in [6.45, 7) is 0.454. The minimum Gasteiger partial charge on any atom is -0.278 e. The Morgan fingerprint density at radius 2 is 2.12 bits per heavy atom. The van der Waals surface area contributed by atoms with Crippen LogP contribution in [0.1, 0.15) is 5.56 Å². The molecule has 0 unspecified atom stereocenters. The molecule has 0 aliphatic carbocycles. The standard InChI is InChI=1S/C11H11N5/c12-16-13-7-6-10-8-14-15-11(10)9-4-2-1-3-5-9/h1-5,8H,6-7H2,(H,14,15). The van der Waals surface area contributed by atoms with Gasteiger partial charge in [0.2, 0.25) is 0 Å². The summed E-state index contributed by atoms with van der Waals surface area (Å²) in [5, 5.41) is 10.5. The van der Waals surface area contributed by atoms with E-state index < -0.39 is 0 Å². The van der Waals surface area contributed by atoms with Gasteiger partial charge < -0.3 is 0 Å². The first-order valence-electron chi connectivity index (χ1n) is 5.00. The number of hydrogen-bond acceptors (Lipinski definition) is 2. The van der Waals surface area contributed by atoms with Gasteiger partial charge >= 0.3 is 0 Å². The second-order valence-electron chi connectivity index (χ2n) is 3.34. The third-order valence-electron chi connectivity index (χ3n) is 2.32. The number of azide groups is 1. The monoisotopic (exact) mass is 213 g/mol. The highest BCUT2D eigenvalue weighted by Crippen LogP contribution is 2.20. The maximum Gasteiger partial charge on any atom is 0.0682 e. The first-order chi connectivity index (χ1) is 7.92. The molecule has 0 bridgehead atoms. The molecule has 1 aromatic heterocycles. The number of rotatable bonds is 4. The summed E-state index contributed by atoms with van der Waals surface area (Å²) in [6.07, 6.45) is 2.47. The first-order valence-corrected chi connectivity index (χ1v) is 5.00. The van der Waals surface area contributed by atoms with E-state index in [-0.39, 0.29) is 0 Å². The molecule has 0 atom stereocenters. The van der Waals surface area contributed by atoms with Crippen LogP contribution >= 0.6 is 0 Å². The lowest BCUT2D eigenvalue weighted by atomic mass is 10.1. The summed E-state index contributed by atoms with van der Waals surface area (Å²) >= 11 is 0. The van der Waals surface area contributed by atoms with Crippen molar-refractivity contribution in [3.63, 3.8) is 0 Å². The predicted molar refractivity (Wildman–Crippen MR) is 61.7 cm³/mol. The summed E-state index contributed by atoms with van der Waals surface area (Å²) in [5.74, 6) is 0. The van der Waals surface area contributed by atoms with Gasteiger partial charge in [-0.15, -0.1) is 0 Å². The van der Waals surface area contributed by atoms with Crippen LogP contribution in [0.15, 0.2) is 41.6 Å². The van der Waals surface area contributed by atoms with Crippen LogP contribution in [0.25, 0.3) is 21.7 Å². The van der Waals surface area contributed by atoms with Gasteiger partial charge in [-0.05, 0) is 23.1 Å². The largest absolute Gasteiger partial charge is 0.278 e. The third-order valence-corrected chi connectivity index (χ3v) is 2.32. The zero-order chi connectivity index (χ0) is 11.2. The lowest BCUT2D eigenvalue weighted by Crippen LogP contribution is -1.89. The Hall–Kier alpha value is -2.26. The van der Waals surface area contributed by atoms with Crippen LogP contribution in [0.2, 0.25) is 0 Å². The molecule has 80 valence electrons. The quantitative estimate of drug-likeness (QED) is 0.473. The zero-order valence-corrected chi connectivity index (χ0v) is 8.67. The van der Waals surface area contributed by atoms with Crippen LogP contribution in [0.4, 0.5) is 0 Å². The topological polar surface area (TPSA) is 77.4 Å². The Morgan fingerprint density at radius 1 is 1.31 bits per heavy atom. The maximum atomic E-state index is 8.22. The molecule has 0 amide bonds. The van der Waals surface area contributed by atoms with Crippen molar-refractivity contribution in [2.75, 3.05) is 6.54 Å². The van der Waals surface area contributed by atoms with E-state index in [1.54, 1.807) is 6.20 Å². The van der Waals surface area contributed by atoms with E-state index in [2.05, 4.69) is 20.2 Å². The molecule has 1 heterocycles. The number of aromatic amines is 1. The van der Waals surface area contributed by atoms with Crippen LogP contribution in [-0.2, 0) is 6.42 Å². The van der Waals surface area contributed by atoms with Gasteiger partial charge in [0.1, 0.15) is 0 Å². The number of aromatic nitrogens is 2. The minimum atomic E-state index is 0.454. The Bertz CT molecular complexity index is 496. The van der Waals surface area contributed by atoms with E-state index in [1.165, 1.54) is 0 Å². The molecule has 0 aliphatic rings. The molecular formula is C11H11N5. The summed E-state index contributed by atoms with van der Waals surface area (Å²) in [5.41, 5.74) is 11.4. The summed E-state index contributed by atoms with van der Waals surface area (Å²) in [7, 11) is 0. The Kier molecular flexibility index (Phi) is 3.21. The predicted octanol–water partition coefficient (Wildman–Crippen LogP) is 2.93. The average Bonchev–Trinajstić information content (AvgIpc) is 2.79.